The van der Waals surface area contributed by atoms with Crippen molar-refractivity contribution in [2.75, 3.05) is 12.3 Å². The van der Waals surface area contributed by atoms with Gasteiger partial charge in [-0.3, -0.25) is 0 Å². The van der Waals surface area contributed by atoms with Crippen LogP contribution in [0, 0.1) is 11.8 Å². The van der Waals surface area contributed by atoms with Crippen molar-refractivity contribution in [1.29, 1.82) is 0 Å². The monoisotopic (exact) mass is 231 g/mol. The van der Waals surface area contributed by atoms with Gasteiger partial charge in [0.05, 0.1) is 11.0 Å². The lowest BCUT2D eigenvalue weighted by molar-refractivity contribution is 0.237. The van der Waals surface area contributed by atoms with Crippen LogP contribution in [0.3, 0.4) is 0 Å². The quantitative estimate of drug-likeness (QED) is 0.737. The molecule has 1 saturated carbocycles. The molecular formula is C11H21NO2S. The molecule has 4 heteroatoms. The molecule has 0 radical (unpaired) electrons. The standard InChI is InChI=1S/C11H21NO2S/c1-8(2)9-3-4-10-11(7-9)15(13,14)6-5-12-10/h8-12H,3-7H2,1-2H3. The summed E-state index contributed by atoms with van der Waals surface area (Å²) in [4.78, 5) is 0. The van der Waals surface area contributed by atoms with E-state index < -0.39 is 9.84 Å². The molecule has 1 aliphatic heterocycles. The summed E-state index contributed by atoms with van der Waals surface area (Å²) in [6.45, 7) is 5.05. The van der Waals surface area contributed by atoms with Gasteiger partial charge >= 0.3 is 0 Å². The molecule has 1 saturated heterocycles. The minimum absolute atomic E-state index is 0.104. The van der Waals surface area contributed by atoms with Crippen LogP contribution in [0.4, 0.5) is 0 Å². The highest BCUT2D eigenvalue weighted by molar-refractivity contribution is 7.92. The lowest BCUT2D eigenvalue weighted by Crippen LogP contribution is -2.55. The van der Waals surface area contributed by atoms with Gasteiger partial charge in [-0.25, -0.2) is 8.42 Å². The van der Waals surface area contributed by atoms with E-state index in [0.717, 1.165) is 12.8 Å². The molecule has 1 aliphatic carbocycles. The smallest absolute Gasteiger partial charge is 0.155 e. The van der Waals surface area contributed by atoms with Crippen LogP contribution in [0.15, 0.2) is 0 Å². The molecule has 0 aromatic rings. The van der Waals surface area contributed by atoms with Crippen LogP contribution in [0.25, 0.3) is 0 Å². The van der Waals surface area contributed by atoms with Crippen LogP contribution in [0.5, 0.6) is 0 Å². The Labute approximate surface area is 92.6 Å². The van der Waals surface area contributed by atoms with Crippen LogP contribution >= 0.6 is 0 Å². The molecule has 3 unspecified atom stereocenters. The molecule has 2 fully saturated rings. The average Bonchev–Trinajstić information content (AvgIpc) is 2.17. The van der Waals surface area contributed by atoms with Gasteiger partial charge in [0.25, 0.3) is 0 Å². The predicted molar refractivity (Wildman–Crippen MR) is 61.5 cm³/mol. The van der Waals surface area contributed by atoms with E-state index in [9.17, 15) is 8.42 Å². The van der Waals surface area contributed by atoms with Crippen molar-refractivity contribution >= 4 is 9.84 Å². The van der Waals surface area contributed by atoms with Crippen molar-refractivity contribution in [3.8, 4) is 0 Å². The molecule has 0 amide bonds. The number of hydrogen-bond donors (Lipinski definition) is 1. The Morgan fingerprint density at radius 3 is 2.67 bits per heavy atom. The third kappa shape index (κ3) is 2.21. The average molecular weight is 231 g/mol. The second-order valence-corrected chi connectivity index (χ2v) is 7.62. The van der Waals surface area contributed by atoms with Gasteiger partial charge in [-0.15, -0.1) is 0 Å². The van der Waals surface area contributed by atoms with Gasteiger partial charge in [-0.1, -0.05) is 13.8 Å². The summed E-state index contributed by atoms with van der Waals surface area (Å²) >= 11 is 0. The minimum Gasteiger partial charge on any atom is -0.312 e. The van der Waals surface area contributed by atoms with Gasteiger partial charge in [-0.2, -0.15) is 0 Å². The van der Waals surface area contributed by atoms with Crippen molar-refractivity contribution in [3.63, 3.8) is 0 Å². The fourth-order valence-corrected chi connectivity index (χ4v) is 4.91. The number of hydrogen-bond acceptors (Lipinski definition) is 3. The summed E-state index contributed by atoms with van der Waals surface area (Å²) in [6, 6.07) is 0.235. The van der Waals surface area contributed by atoms with Crippen molar-refractivity contribution in [2.45, 2.75) is 44.4 Å². The van der Waals surface area contributed by atoms with Crippen molar-refractivity contribution < 1.29 is 8.42 Å². The fourth-order valence-electron chi connectivity index (χ4n) is 2.93. The van der Waals surface area contributed by atoms with E-state index >= 15 is 0 Å². The van der Waals surface area contributed by atoms with E-state index in [1.165, 1.54) is 6.42 Å². The van der Waals surface area contributed by atoms with Crippen LogP contribution in [-0.2, 0) is 9.84 Å². The first-order valence-corrected chi connectivity index (χ1v) is 7.67. The maximum absolute atomic E-state index is 11.9. The summed E-state index contributed by atoms with van der Waals surface area (Å²) in [6.07, 6.45) is 3.09. The lowest BCUT2D eigenvalue weighted by Gasteiger charge is -2.40. The Balaban J connectivity index is 2.14. The van der Waals surface area contributed by atoms with E-state index in [1.807, 2.05) is 0 Å². The third-order valence-corrected chi connectivity index (χ3v) is 6.25. The normalized spacial score (nSPS) is 40.1. The van der Waals surface area contributed by atoms with Gasteiger partial charge in [0, 0.05) is 12.6 Å². The Morgan fingerprint density at radius 2 is 2.00 bits per heavy atom. The molecule has 3 nitrogen and oxygen atoms in total. The molecule has 88 valence electrons. The van der Waals surface area contributed by atoms with Crippen LogP contribution in [0.1, 0.15) is 33.1 Å². The molecule has 1 N–H and O–H groups in total. The van der Waals surface area contributed by atoms with E-state index in [1.54, 1.807) is 0 Å². The van der Waals surface area contributed by atoms with E-state index in [0.29, 0.717) is 24.1 Å². The first-order chi connectivity index (χ1) is 7.00. The van der Waals surface area contributed by atoms with E-state index in [4.69, 9.17) is 0 Å². The van der Waals surface area contributed by atoms with E-state index in [2.05, 4.69) is 19.2 Å². The number of nitrogens with one attached hydrogen (secondary N) is 1. The SMILES string of the molecule is CC(C)C1CCC2NCCS(=O)(=O)C2C1. The Kier molecular flexibility index (Phi) is 3.08. The van der Waals surface area contributed by atoms with Crippen LogP contribution in [0.2, 0.25) is 0 Å². The van der Waals surface area contributed by atoms with Gasteiger partial charge in [0.1, 0.15) is 0 Å². The molecule has 2 aliphatic rings. The number of rotatable bonds is 1. The van der Waals surface area contributed by atoms with Crippen molar-refractivity contribution in [1.82, 2.24) is 5.32 Å². The molecule has 1 heterocycles. The van der Waals surface area contributed by atoms with Crippen LogP contribution < -0.4 is 5.32 Å². The van der Waals surface area contributed by atoms with Crippen LogP contribution in [-0.4, -0.2) is 32.0 Å². The second-order valence-electron chi connectivity index (χ2n) is 5.28. The highest BCUT2D eigenvalue weighted by Crippen LogP contribution is 2.34. The zero-order valence-corrected chi connectivity index (χ0v) is 10.4. The van der Waals surface area contributed by atoms with E-state index in [-0.39, 0.29) is 11.3 Å². The Morgan fingerprint density at radius 1 is 1.27 bits per heavy atom. The molecule has 0 bridgehead atoms. The maximum Gasteiger partial charge on any atom is 0.155 e. The molecule has 3 atom stereocenters. The zero-order valence-electron chi connectivity index (χ0n) is 9.57. The third-order valence-electron chi connectivity index (χ3n) is 4.03. The van der Waals surface area contributed by atoms with Gasteiger partial charge < -0.3 is 5.32 Å². The topological polar surface area (TPSA) is 46.2 Å². The highest BCUT2D eigenvalue weighted by Gasteiger charge is 2.41. The van der Waals surface area contributed by atoms with Crippen molar-refractivity contribution in [2.24, 2.45) is 11.8 Å². The Bertz CT molecular complexity index is 323. The predicted octanol–water partition coefficient (Wildman–Crippen LogP) is 1.20. The first kappa shape index (κ1) is 11.4. The summed E-state index contributed by atoms with van der Waals surface area (Å²) in [5.41, 5.74) is 0. The zero-order chi connectivity index (χ0) is 11.1. The summed E-state index contributed by atoms with van der Waals surface area (Å²) in [5.74, 6) is 1.54. The Hall–Kier alpha value is -0.0900. The summed E-state index contributed by atoms with van der Waals surface area (Å²) in [5, 5.41) is 3.25. The van der Waals surface area contributed by atoms with Gasteiger partial charge in [-0.05, 0) is 31.1 Å². The van der Waals surface area contributed by atoms with Gasteiger partial charge in [0.2, 0.25) is 0 Å². The second kappa shape index (κ2) is 4.06. The molecule has 2 rings (SSSR count). The highest BCUT2D eigenvalue weighted by atomic mass is 32.2. The lowest BCUT2D eigenvalue weighted by atomic mass is 9.79. The molecule has 0 aromatic heterocycles. The molecule has 15 heavy (non-hydrogen) atoms. The molecular weight excluding hydrogens is 210 g/mol. The summed E-state index contributed by atoms with van der Waals surface area (Å²) in [7, 11) is -2.81. The van der Waals surface area contributed by atoms with Gasteiger partial charge in [0.15, 0.2) is 9.84 Å². The molecule has 0 spiro atoms. The minimum atomic E-state index is -2.81. The van der Waals surface area contributed by atoms with Crippen molar-refractivity contribution in [3.05, 3.63) is 0 Å². The summed E-state index contributed by atoms with van der Waals surface area (Å²) < 4.78 is 23.9. The molecule has 0 aromatic carbocycles. The number of fused-ring (bicyclic) bond motifs is 1. The largest absolute Gasteiger partial charge is 0.312 e. The first-order valence-electron chi connectivity index (χ1n) is 5.95. The maximum atomic E-state index is 11.9. The number of sulfone groups is 1. The fraction of sp³-hybridized carbons (Fsp3) is 1.00.